The molecule has 3 rings (SSSR count). The monoisotopic (exact) mass is 345 g/mol. The molecule has 2 aromatic rings. The summed E-state index contributed by atoms with van der Waals surface area (Å²) in [6.07, 6.45) is 7.26. The fraction of sp³-hybridized carbons (Fsp3) is 0.444. The van der Waals surface area contributed by atoms with Crippen LogP contribution in [0.5, 0.6) is 0 Å². The molecular weight excluding hydrogens is 322 g/mol. The standard InChI is InChI=1S/C18H23N3O2S/c22-18(14-24-13-15-6-2-1-3-7-15)20-16-10-19-21(11-16)12-17-8-4-5-9-23-17/h1-3,6-7,10-11,17H,4-5,8-9,12-14H2,(H,20,22). The van der Waals surface area contributed by atoms with Gasteiger partial charge in [-0.05, 0) is 24.8 Å². The Bertz CT molecular complexity index is 639. The van der Waals surface area contributed by atoms with Crippen LogP contribution in [0, 0.1) is 0 Å². The Morgan fingerprint density at radius 1 is 1.33 bits per heavy atom. The molecule has 1 aliphatic rings. The smallest absolute Gasteiger partial charge is 0.234 e. The van der Waals surface area contributed by atoms with Crippen molar-refractivity contribution in [3.63, 3.8) is 0 Å². The molecule has 1 fully saturated rings. The summed E-state index contributed by atoms with van der Waals surface area (Å²) in [5.41, 5.74) is 1.98. The molecule has 0 spiro atoms. The predicted octanol–water partition coefficient (Wildman–Crippen LogP) is 3.32. The molecule has 128 valence electrons. The van der Waals surface area contributed by atoms with Crippen LogP contribution >= 0.6 is 11.8 Å². The number of nitrogens with zero attached hydrogens (tertiary/aromatic N) is 2. The van der Waals surface area contributed by atoms with Crippen molar-refractivity contribution in [1.82, 2.24) is 9.78 Å². The molecule has 1 saturated heterocycles. The van der Waals surface area contributed by atoms with Crippen LogP contribution in [0.15, 0.2) is 42.7 Å². The van der Waals surface area contributed by atoms with E-state index in [4.69, 9.17) is 4.74 Å². The molecule has 24 heavy (non-hydrogen) atoms. The topological polar surface area (TPSA) is 56.2 Å². The van der Waals surface area contributed by atoms with Crippen LogP contribution in [0.3, 0.4) is 0 Å². The first kappa shape index (κ1) is 17.0. The summed E-state index contributed by atoms with van der Waals surface area (Å²) in [6, 6.07) is 10.2. The summed E-state index contributed by atoms with van der Waals surface area (Å²) in [4.78, 5) is 12.0. The van der Waals surface area contributed by atoms with Crippen LogP contribution in [-0.2, 0) is 21.8 Å². The largest absolute Gasteiger partial charge is 0.376 e. The van der Waals surface area contributed by atoms with Gasteiger partial charge in [-0.1, -0.05) is 30.3 Å². The average molecular weight is 345 g/mol. The van der Waals surface area contributed by atoms with Gasteiger partial charge in [-0.2, -0.15) is 5.10 Å². The number of aromatic nitrogens is 2. The Labute approximate surface area is 146 Å². The van der Waals surface area contributed by atoms with Gasteiger partial charge in [-0.3, -0.25) is 9.48 Å². The first-order valence-electron chi connectivity index (χ1n) is 8.35. The lowest BCUT2D eigenvalue weighted by molar-refractivity contribution is -0.113. The maximum Gasteiger partial charge on any atom is 0.234 e. The zero-order valence-electron chi connectivity index (χ0n) is 13.7. The van der Waals surface area contributed by atoms with Crippen molar-refractivity contribution in [3.8, 4) is 0 Å². The molecule has 0 radical (unpaired) electrons. The number of carbonyl (C=O) groups excluding carboxylic acids is 1. The van der Waals surface area contributed by atoms with Gasteiger partial charge in [0.15, 0.2) is 0 Å². The van der Waals surface area contributed by atoms with Crippen LogP contribution in [0.2, 0.25) is 0 Å². The average Bonchev–Trinajstić information content (AvgIpc) is 3.03. The van der Waals surface area contributed by atoms with Crippen molar-refractivity contribution in [2.75, 3.05) is 17.7 Å². The molecule has 0 aliphatic carbocycles. The summed E-state index contributed by atoms with van der Waals surface area (Å²) < 4.78 is 7.57. The molecule has 5 nitrogen and oxygen atoms in total. The van der Waals surface area contributed by atoms with Gasteiger partial charge in [-0.15, -0.1) is 11.8 Å². The van der Waals surface area contributed by atoms with E-state index in [2.05, 4.69) is 22.5 Å². The zero-order valence-corrected chi connectivity index (χ0v) is 14.5. The molecule has 1 unspecified atom stereocenters. The summed E-state index contributed by atoms with van der Waals surface area (Å²) in [5.74, 6) is 1.28. The Balaban J connectivity index is 1.40. The quantitative estimate of drug-likeness (QED) is 0.836. The molecule has 0 bridgehead atoms. The van der Waals surface area contributed by atoms with Crippen molar-refractivity contribution in [2.45, 2.75) is 37.7 Å². The SMILES string of the molecule is O=C(CSCc1ccccc1)Nc1cnn(CC2CCCCO2)c1. The molecule has 1 aromatic heterocycles. The number of anilines is 1. The van der Waals surface area contributed by atoms with Gasteiger partial charge in [0.1, 0.15) is 0 Å². The van der Waals surface area contributed by atoms with E-state index in [1.807, 2.05) is 29.1 Å². The molecule has 1 N–H and O–H groups in total. The van der Waals surface area contributed by atoms with Gasteiger partial charge >= 0.3 is 0 Å². The summed E-state index contributed by atoms with van der Waals surface area (Å²) >= 11 is 1.61. The summed E-state index contributed by atoms with van der Waals surface area (Å²) in [6.45, 7) is 1.59. The minimum absolute atomic E-state index is 0.00407. The summed E-state index contributed by atoms with van der Waals surface area (Å²) in [5, 5.41) is 7.21. The van der Waals surface area contributed by atoms with E-state index in [1.54, 1.807) is 18.0 Å². The van der Waals surface area contributed by atoms with Crippen LogP contribution in [0.1, 0.15) is 24.8 Å². The molecule has 1 atom stereocenters. The number of hydrogen-bond acceptors (Lipinski definition) is 4. The maximum atomic E-state index is 12.0. The second-order valence-corrected chi connectivity index (χ2v) is 6.95. The van der Waals surface area contributed by atoms with Crippen molar-refractivity contribution in [1.29, 1.82) is 0 Å². The van der Waals surface area contributed by atoms with E-state index in [1.165, 1.54) is 12.0 Å². The number of amides is 1. The molecule has 1 aromatic carbocycles. The van der Waals surface area contributed by atoms with Crippen molar-refractivity contribution in [2.24, 2.45) is 0 Å². The zero-order chi connectivity index (χ0) is 16.6. The number of carbonyl (C=O) groups is 1. The normalized spacial score (nSPS) is 17.6. The Hall–Kier alpha value is -1.79. The Morgan fingerprint density at radius 2 is 2.21 bits per heavy atom. The lowest BCUT2D eigenvalue weighted by Crippen LogP contribution is -2.24. The van der Waals surface area contributed by atoms with Gasteiger partial charge in [0.2, 0.25) is 5.91 Å². The van der Waals surface area contributed by atoms with Crippen LogP contribution in [0.4, 0.5) is 5.69 Å². The van der Waals surface area contributed by atoms with Gasteiger partial charge in [0, 0.05) is 18.6 Å². The van der Waals surface area contributed by atoms with Crippen molar-refractivity contribution < 1.29 is 9.53 Å². The minimum atomic E-state index is 0.00407. The lowest BCUT2D eigenvalue weighted by atomic mass is 10.1. The first-order valence-corrected chi connectivity index (χ1v) is 9.50. The molecule has 6 heteroatoms. The van der Waals surface area contributed by atoms with Crippen LogP contribution < -0.4 is 5.32 Å². The highest BCUT2D eigenvalue weighted by molar-refractivity contribution is 7.99. The highest BCUT2D eigenvalue weighted by atomic mass is 32.2. The Morgan fingerprint density at radius 3 is 3.00 bits per heavy atom. The van der Waals surface area contributed by atoms with E-state index in [0.717, 1.165) is 37.4 Å². The van der Waals surface area contributed by atoms with Crippen LogP contribution in [0.25, 0.3) is 0 Å². The highest BCUT2D eigenvalue weighted by Crippen LogP contribution is 2.16. The Kier molecular flexibility index (Phi) is 6.32. The number of nitrogens with one attached hydrogen (secondary N) is 1. The minimum Gasteiger partial charge on any atom is -0.376 e. The molecular formula is C18H23N3O2S. The number of benzene rings is 1. The number of ether oxygens (including phenoxy) is 1. The third kappa shape index (κ3) is 5.39. The fourth-order valence-electron chi connectivity index (χ4n) is 2.72. The van der Waals surface area contributed by atoms with E-state index in [-0.39, 0.29) is 12.0 Å². The van der Waals surface area contributed by atoms with E-state index < -0.39 is 0 Å². The second-order valence-electron chi connectivity index (χ2n) is 5.97. The number of rotatable bonds is 7. The van der Waals surface area contributed by atoms with E-state index in [9.17, 15) is 4.79 Å². The van der Waals surface area contributed by atoms with Gasteiger partial charge in [-0.25, -0.2) is 0 Å². The van der Waals surface area contributed by atoms with Gasteiger partial charge in [0.05, 0.1) is 30.3 Å². The maximum absolute atomic E-state index is 12.0. The summed E-state index contributed by atoms with van der Waals surface area (Å²) in [7, 11) is 0. The molecule has 1 aliphatic heterocycles. The molecule has 1 amide bonds. The molecule has 0 saturated carbocycles. The first-order chi connectivity index (χ1) is 11.8. The van der Waals surface area contributed by atoms with Crippen molar-refractivity contribution >= 4 is 23.4 Å². The van der Waals surface area contributed by atoms with Gasteiger partial charge in [0.25, 0.3) is 0 Å². The highest BCUT2D eigenvalue weighted by Gasteiger charge is 2.15. The van der Waals surface area contributed by atoms with Crippen LogP contribution in [-0.4, -0.2) is 34.2 Å². The third-order valence-electron chi connectivity index (χ3n) is 3.93. The lowest BCUT2D eigenvalue weighted by Gasteiger charge is -2.22. The van der Waals surface area contributed by atoms with Gasteiger partial charge < -0.3 is 10.1 Å². The third-order valence-corrected chi connectivity index (χ3v) is 4.93. The molecule has 2 heterocycles. The van der Waals surface area contributed by atoms with Crippen molar-refractivity contribution in [3.05, 3.63) is 48.3 Å². The second kappa shape index (κ2) is 8.89. The van der Waals surface area contributed by atoms with E-state index in [0.29, 0.717) is 5.75 Å². The predicted molar refractivity (Wildman–Crippen MR) is 97.1 cm³/mol. The fourth-order valence-corrected chi connectivity index (χ4v) is 3.51. The number of hydrogen-bond donors (Lipinski definition) is 1. The number of thioether (sulfide) groups is 1. The van der Waals surface area contributed by atoms with E-state index >= 15 is 0 Å².